The summed E-state index contributed by atoms with van der Waals surface area (Å²) in [6.45, 7) is 4.54. The second kappa shape index (κ2) is 11.2. The topological polar surface area (TPSA) is 57.1 Å². The molecule has 2 aliphatic rings. The fourth-order valence-corrected chi connectivity index (χ4v) is 7.68. The largest absolute Gasteiger partial charge is 0.449 e. The summed E-state index contributed by atoms with van der Waals surface area (Å²) in [5.74, 6) is 4.55. The van der Waals surface area contributed by atoms with Crippen LogP contribution in [-0.2, 0) is 5.41 Å². The zero-order chi connectivity index (χ0) is 34.1. The van der Waals surface area contributed by atoms with Crippen molar-refractivity contribution in [3.63, 3.8) is 0 Å². The molecule has 0 saturated carbocycles. The number of fused-ring (bicyclic) bond motifs is 6. The molecule has 7 aromatic carbocycles. The minimum absolute atomic E-state index is 0.159. The van der Waals surface area contributed by atoms with Crippen LogP contribution in [0.15, 0.2) is 152 Å². The average Bonchev–Trinajstić information content (AvgIpc) is 3.41. The molecule has 8 aromatic rings. The maximum absolute atomic E-state index is 6.83. The minimum atomic E-state index is -0.159. The molecule has 0 amide bonds. The highest BCUT2D eigenvalue weighted by Crippen LogP contribution is 2.56. The number of nitrogens with zero attached hydrogens (tertiary/aromatic N) is 3. The third-order valence-electron chi connectivity index (χ3n) is 10.2. The molecule has 0 unspecified atom stereocenters. The normalized spacial score (nSPS) is 13.4. The zero-order valence-corrected chi connectivity index (χ0v) is 28.1. The average molecular weight is 658 g/mol. The van der Waals surface area contributed by atoms with Gasteiger partial charge in [0.1, 0.15) is 0 Å². The fraction of sp³-hybridized carbons (Fsp3) is 0.0652. The highest BCUT2D eigenvalue weighted by atomic mass is 16.6. The molecule has 0 spiro atoms. The summed E-state index contributed by atoms with van der Waals surface area (Å²) in [4.78, 5) is 15.3. The van der Waals surface area contributed by atoms with Gasteiger partial charge in [0.05, 0.1) is 0 Å². The molecule has 242 valence electrons. The molecule has 1 aliphatic heterocycles. The van der Waals surface area contributed by atoms with Crippen molar-refractivity contribution in [3.05, 3.63) is 163 Å². The molecule has 1 aliphatic carbocycles. The Morgan fingerprint density at radius 2 is 1.02 bits per heavy atom. The number of hydrogen-bond acceptors (Lipinski definition) is 5. The predicted molar refractivity (Wildman–Crippen MR) is 203 cm³/mol. The summed E-state index contributed by atoms with van der Waals surface area (Å²) in [7, 11) is 0. The molecule has 0 fully saturated rings. The Labute approximate surface area is 295 Å². The lowest BCUT2D eigenvalue weighted by Crippen LogP contribution is -2.15. The lowest BCUT2D eigenvalue weighted by Gasteiger charge is -2.26. The van der Waals surface area contributed by atoms with Crippen LogP contribution in [-0.4, -0.2) is 15.0 Å². The van der Waals surface area contributed by atoms with E-state index in [-0.39, 0.29) is 5.41 Å². The summed E-state index contributed by atoms with van der Waals surface area (Å²) in [6, 6.07) is 51.8. The van der Waals surface area contributed by atoms with Crippen LogP contribution in [0.2, 0.25) is 0 Å². The summed E-state index contributed by atoms with van der Waals surface area (Å²) in [6.07, 6.45) is 0. The molecule has 0 radical (unpaired) electrons. The molecular formula is C46H31N3O2. The van der Waals surface area contributed by atoms with Gasteiger partial charge in [0.25, 0.3) is 0 Å². The molecule has 10 rings (SSSR count). The first-order chi connectivity index (χ1) is 25.0. The van der Waals surface area contributed by atoms with Crippen LogP contribution >= 0.6 is 0 Å². The number of hydrogen-bond donors (Lipinski definition) is 0. The summed E-state index contributed by atoms with van der Waals surface area (Å²) in [5, 5.41) is 2.22. The quantitative estimate of drug-likeness (QED) is 0.188. The number of aromatic nitrogens is 3. The third kappa shape index (κ3) is 4.66. The first-order valence-corrected chi connectivity index (χ1v) is 17.2. The van der Waals surface area contributed by atoms with Gasteiger partial charge in [-0.05, 0) is 56.8 Å². The van der Waals surface area contributed by atoms with Crippen molar-refractivity contribution in [3.8, 4) is 79.4 Å². The van der Waals surface area contributed by atoms with Crippen molar-refractivity contribution < 1.29 is 9.47 Å². The van der Waals surface area contributed by atoms with Gasteiger partial charge >= 0.3 is 0 Å². The Hall–Kier alpha value is -6.59. The molecule has 5 heteroatoms. The Morgan fingerprint density at radius 1 is 0.412 bits per heavy atom. The third-order valence-corrected chi connectivity index (χ3v) is 10.2. The van der Waals surface area contributed by atoms with E-state index < -0.39 is 0 Å². The lowest BCUT2D eigenvalue weighted by atomic mass is 9.82. The van der Waals surface area contributed by atoms with Crippen LogP contribution < -0.4 is 9.47 Å². The van der Waals surface area contributed by atoms with Crippen LogP contribution in [0, 0.1) is 0 Å². The Kier molecular flexibility index (Phi) is 6.46. The number of rotatable bonds is 4. The highest BCUT2D eigenvalue weighted by molar-refractivity contribution is 5.96. The summed E-state index contributed by atoms with van der Waals surface area (Å²) < 4.78 is 13.4. The molecule has 1 aromatic heterocycles. The Balaban J connectivity index is 1.12. The van der Waals surface area contributed by atoms with E-state index in [0.29, 0.717) is 40.5 Å². The van der Waals surface area contributed by atoms with Gasteiger partial charge in [-0.3, -0.25) is 0 Å². The Morgan fingerprint density at radius 3 is 1.88 bits per heavy atom. The maximum Gasteiger partial charge on any atom is 0.177 e. The van der Waals surface area contributed by atoms with Crippen molar-refractivity contribution in [1.29, 1.82) is 0 Å². The van der Waals surface area contributed by atoms with E-state index in [1.807, 2.05) is 60.7 Å². The van der Waals surface area contributed by atoms with E-state index in [2.05, 4.69) is 105 Å². The maximum atomic E-state index is 6.83. The predicted octanol–water partition coefficient (Wildman–Crippen LogP) is 11.9. The van der Waals surface area contributed by atoms with E-state index >= 15 is 0 Å². The molecule has 0 N–H and O–H groups in total. The molecule has 5 nitrogen and oxygen atoms in total. The van der Waals surface area contributed by atoms with Crippen molar-refractivity contribution in [2.75, 3.05) is 0 Å². The summed E-state index contributed by atoms with van der Waals surface area (Å²) >= 11 is 0. The highest BCUT2D eigenvalue weighted by Gasteiger charge is 2.37. The number of ether oxygens (including phenoxy) is 2. The minimum Gasteiger partial charge on any atom is -0.449 e. The summed E-state index contributed by atoms with van der Waals surface area (Å²) in [5.41, 5.74) is 9.38. The number of para-hydroxylation sites is 1. The van der Waals surface area contributed by atoms with Crippen molar-refractivity contribution >= 4 is 10.8 Å². The van der Waals surface area contributed by atoms with Crippen LogP contribution in [0.25, 0.3) is 67.2 Å². The number of benzene rings is 7. The SMILES string of the molecule is CC1(C)c2ccccc2-c2cc3c(cc21)Oc1c(cccc1-c1ccccc1-c1nc(-c2ccccc2)nc(-c2cccc4ccccc24)n1)O3. The standard InChI is InChI=1S/C46H31N3O2/c1-46(2)37-24-11-10-20-32(37)36-26-40-41(27-38(36)46)51-42-33(22-13-25-39(42)50-40)31-19-8-9-21-35(31)45-48-43(29-15-4-3-5-16-29)47-44(49-45)34-23-12-17-28-14-6-7-18-30(28)34/h3-27H,1-2H3. The van der Waals surface area contributed by atoms with Crippen molar-refractivity contribution in [2.24, 2.45) is 0 Å². The van der Waals surface area contributed by atoms with Crippen LogP contribution in [0.5, 0.6) is 23.0 Å². The molecule has 0 bridgehead atoms. The zero-order valence-electron chi connectivity index (χ0n) is 28.1. The van der Waals surface area contributed by atoms with Gasteiger partial charge < -0.3 is 9.47 Å². The van der Waals surface area contributed by atoms with E-state index in [1.54, 1.807) is 0 Å². The first kappa shape index (κ1) is 29.3. The Bertz CT molecular complexity index is 2680. The molecule has 2 heterocycles. The van der Waals surface area contributed by atoms with Crippen LogP contribution in [0.3, 0.4) is 0 Å². The van der Waals surface area contributed by atoms with Crippen molar-refractivity contribution in [1.82, 2.24) is 15.0 Å². The van der Waals surface area contributed by atoms with Gasteiger partial charge in [0, 0.05) is 27.7 Å². The van der Waals surface area contributed by atoms with Crippen LogP contribution in [0.1, 0.15) is 25.0 Å². The van der Waals surface area contributed by atoms with E-state index in [0.717, 1.165) is 38.6 Å². The van der Waals surface area contributed by atoms with Gasteiger partial charge in [0.15, 0.2) is 40.5 Å². The molecule has 0 atom stereocenters. The first-order valence-electron chi connectivity index (χ1n) is 17.2. The van der Waals surface area contributed by atoms with Crippen LogP contribution in [0.4, 0.5) is 0 Å². The van der Waals surface area contributed by atoms with E-state index in [1.165, 1.54) is 22.3 Å². The van der Waals surface area contributed by atoms with Crippen molar-refractivity contribution in [2.45, 2.75) is 19.3 Å². The van der Waals surface area contributed by atoms with Gasteiger partial charge in [-0.15, -0.1) is 0 Å². The molecular weight excluding hydrogens is 627 g/mol. The van der Waals surface area contributed by atoms with Gasteiger partial charge in [0.2, 0.25) is 0 Å². The van der Waals surface area contributed by atoms with E-state index in [9.17, 15) is 0 Å². The monoisotopic (exact) mass is 657 g/mol. The second-order valence-electron chi connectivity index (χ2n) is 13.6. The lowest BCUT2D eigenvalue weighted by molar-refractivity contribution is 0.360. The van der Waals surface area contributed by atoms with E-state index in [4.69, 9.17) is 24.4 Å². The fourth-order valence-electron chi connectivity index (χ4n) is 7.68. The van der Waals surface area contributed by atoms with Gasteiger partial charge in [-0.25, -0.2) is 15.0 Å². The molecule has 51 heavy (non-hydrogen) atoms. The smallest absolute Gasteiger partial charge is 0.177 e. The molecule has 0 saturated heterocycles. The van der Waals surface area contributed by atoms with Gasteiger partial charge in [-0.1, -0.05) is 147 Å². The van der Waals surface area contributed by atoms with Gasteiger partial charge in [-0.2, -0.15) is 0 Å². The second-order valence-corrected chi connectivity index (χ2v) is 13.6.